The van der Waals surface area contributed by atoms with Gasteiger partial charge in [0.25, 0.3) is 5.56 Å². The summed E-state index contributed by atoms with van der Waals surface area (Å²) in [6.07, 6.45) is 3.97. The Morgan fingerprint density at radius 1 is 1.44 bits per heavy atom. The monoisotopic (exact) mass is 244 g/mol. The van der Waals surface area contributed by atoms with E-state index in [-0.39, 0.29) is 11.5 Å². The molecule has 0 fully saturated rings. The first kappa shape index (κ1) is 12.3. The quantitative estimate of drug-likeness (QED) is 0.856. The lowest BCUT2D eigenvalue weighted by Crippen LogP contribution is -2.20. The standard InChI is InChI=1S/C13H16N4O/c1-8(2)11-12(14)16-10(17-13(11)18)6-9-4-3-5-15-7-9/h3-5,7-8H,6H2,1-2H3,(H3,14,16,17,18). The van der Waals surface area contributed by atoms with E-state index in [1.54, 1.807) is 12.4 Å². The van der Waals surface area contributed by atoms with Crippen LogP contribution < -0.4 is 11.3 Å². The van der Waals surface area contributed by atoms with Crippen molar-refractivity contribution >= 4 is 5.82 Å². The van der Waals surface area contributed by atoms with Crippen molar-refractivity contribution in [1.29, 1.82) is 0 Å². The smallest absolute Gasteiger partial charge is 0.256 e. The molecule has 0 saturated carbocycles. The van der Waals surface area contributed by atoms with E-state index in [2.05, 4.69) is 15.0 Å². The molecule has 2 aromatic rings. The number of nitrogens with two attached hydrogens (primary N) is 1. The van der Waals surface area contributed by atoms with Crippen LogP contribution >= 0.6 is 0 Å². The Morgan fingerprint density at radius 2 is 2.22 bits per heavy atom. The zero-order valence-electron chi connectivity index (χ0n) is 10.5. The molecular formula is C13H16N4O. The van der Waals surface area contributed by atoms with Crippen LogP contribution in [0.25, 0.3) is 0 Å². The Bertz CT molecular complexity index is 590. The van der Waals surface area contributed by atoms with Gasteiger partial charge in [-0.25, -0.2) is 4.98 Å². The summed E-state index contributed by atoms with van der Waals surface area (Å²) in [5.74, 6) is 0.941. The lowest BCUT2D eigenvalue weighted by molar-refractivity contribution is 0.817. The molecule has 0 saturated heterocycles. The van der Waals surface area contributed by atoms with Gasteiger partial charge in [0.1, 0.15) is 11.6 Å². The number of nitrogen functional groups attached to an aromatic ring is 1. The Morgan fingerprint density at radius 3 is 2.78 bits per heavy atom. The molecule has 0 atom stereocenters. The van der Waals surface area contributed by atoms with Gasteiger partial charge in [0.15, 0.2) is 0 Å². The second kappa shape index (κ2) is 5.00. The third kappa shape index (κ3) is 2.56. The fourth-order valence-corrected chi connectivity index (χ4v) is 1.89. The minimum absolute atomic E-state index is 0.0636. The van der Waals surface area contributed by atoms with Crippen molar-refractivity contribution in [3.63, 3.8) is 0 Å². The SMILES string of the molecule is CC(C)c1c(N)nc(Cc2cccnc2)[nH]c1=O. The summed E-state index contributed by atoms with van der Waals surface area (Å²) >= 11 is 0. The Hall–Kier alpha value is -2.17. The van der Waals surface area contributed by atoms with Crippen LogP contribution in [0.3, 0.4) is 0 Å². The highest BCUT2D eigenvalue weighted by atomic mass is 16.1. The minimum Gasteiger partial charge on any atom is -0.383 e. The molecule has 2 rings (SSSR count). The van der Waals surface area contributed by atoms with Gasteiger partial charge in [0.2, 0.25) is 0 Å². The molecule has 0 unspecified atom stereocenters. The molecule has 5 heteroatoms. The predicted molar refractivity (Wildman–Crippen MR) is 70.4 cm³/mol. The molecule has 0 aliphatic carbocycles. The summed E-state index contributed by atoms with van der Waals surface area (Å²) in [7, 11) is 0. The van der Waals surface area contributed by atoms with Crippen LogP contribution in [0.4, 0.5) is 5.82 Å². The number of pyridine rings is 1. The van der Waals surface area contributed by atoms with E-state index in [1.807, 2.05) is 26.0 Å². The van der Waals surface area contributed by atoms with Crippen LogP contribution in [0.5, 0.6) is 0 Å². The van der Waals surface area contributed by atoms with Crippen molar-refractivity contribution < 1.29 is 0 Å². The highest BCUT2D eigenvalue weighted by Gasteiger charge is 2.12. The van der Waals surface area contributed by atoms with Crippen LogP contribution in [0.1, 0.15) is 36.7 Å². The number of rotatable bonds is 3. The number of aromatic amines is 1. The van der Waals surface area contributed by atoms with Crippen molar-refractivity contribution in [2.45, 2.75) is 26.2 Å². The molecule has 0 aliphatic rings. The molecule has 2 heterocycles. The topological polar surface area (TPSA) is 84.7 Å². The average molecular weight is 244 g/mol. The molecule has 0 aliphatic heterocycles. The molecule has 2 aromatic heterocycles. The van der Waals surface area contributed by atoms with Crippen LogP contribution in [0.15, 0.2) is 29.3 Å². The lowest BCUT2D eigenvalue weighted by Gasteiger charge is -2.09. The molecule has 0 bridgehead atoms. The Balaban J connectivity index is 2.35. The van der Waals surface area contributed by atoms with Gasteiger partial charge in [-0.3, -0.25) is 9.78 Å². The zero-order valence-corrected chi connectivity index (χ0v) is 10.5. The summed E-state index contributed by atoms with van der Waals surface area (Å²) in [4.78, 5) is 22.9. The summed E-state index contributed by atoms with van der Waals surface area (Å²) in [5.41, 5.74) is 7.20. The molecule has 0 spiro atoms. The van der Waals surface area contributed by atoms with Crippen molar-refractivity contribution in [2.75, 3.05) is 5.73 Å². The van der Waals surface area contributed by atoms with E-state index in [1.165, 1.54) is 0 Å². The highest BCUT2D eigenvalue weighted by molar-refractivity contribution is 5.40. The van der Waals surface area contributed by atoms with E-state index in [0.29, 0.717) is 23.6 Å². The van der Waals surface area contributed by atoms with Gasteiger partial charge in [-0.05, 0) is 17.5 Å². The van der Waals surface area contributed by atoms with Crippen LogP contribution in [0.2, 0.25) is 0 Å². The van der Waals surface area contributed by atoms with E-state index in [4.69, 9.17) is 5.73 Å². The first-order valence-corrected chi connectivity index (χ1v) is 5.85. The highest BCUT2D eigenvalue weighted by Crippen LogP contribution is 2.15. The third-order valence-corrected chi connectivity index (χ3v) is 2.71. The number of H-pyrrole nitrogens is 1. The fourth-order valence-electron chi connectivity index (χ4n) is 1.89. The summed E-state index contributed by atoms with van der Waals surface area (Å²) in [5, 5.41) is 0. The van der Waals surface area contributed by atoms with Gasteiger partial charge in [0.05, 0.1) is 5.56 Å². The maximum Gasteiger partial charge on any atom is 0.256 e. The minimum atomic E-state index is -0.156. The maximum atomic E-state index is 11.9. The van der Waals surface area contributed by atoms with Crippen molar-refractivity contribution in [3.8, 4) is 0 Å². The van der Waals surface area contributed by atoms with Crippen molar-refractivity contribution in [2.24, 2.45) is 0 Å². The number of anilines is 1. The van der Waals surface area contributed by atoms with E-state index < -0.39 is 0 Å². The van der Waals surface area contributed by atoms with Gasteiger partial charge in [0, 0.05) is 18.8 Å². The second-order valence-electron chi connectivity index (χ2n) is 4.50. The van der Waals surface area contributed by atoms with Crippen LogP contribution in [-0.2, 0) is 6.42 Å². The van der Waals surface area contributed by atoms with E-state index >= 15 is 0 Å². The zero-order chi connectivity index (χ0) is 13.1. The first-order chi connectivity index (χ1) is 8.58. The number of nitrogens with zero attached hydrogens (tertiary/aromatic N) is 2. The van der Waals surface area contributed by atoms with Gasteiger partial charge in [-0.15, -0.1) is 0 Å². The predicted octanol–water partition coefficient (Wildman–Crippen LogP) is 1.46. The third-order valence-electron chi connectivity index (χ3n) is 2.71. The fraction of sp³-hybridized carbons (Fsp3) is 0.308. The Labute approximate surface area is 105 Å². The molecule has 3 N–H and O–H groups in total. The summed E-state index contributed by atoms with van der Waals surface area (Å²) in [6, 6.07) is 3.78. The van der Waals surface area contributed by atoms with Crippen molar-refractivity contribution in [3.05, 3.63) is 51.8 Å². The number of hydrogen-bond donors (Lipinski definition) is 2. The summed E-state index contributed by atoms with van der Waals surface area (Å²) < 4.78 is 0. The normalized spacial score (nSPS) is 10.8. The van der Waals surface area contributed by atoms with E-state index in [9.17, 15) is 4.79 Å². The molecule has 0 amide bonds. The number of nitrogens with one attached hydrogen (secondary N) is 1. The number of aromatic nitrogens is 3. The van der Waals surface area contributed by atoms with Crippen LogP contribution in [-0.4, -0.2) is 15.0 Å². The summed E-state index contributed by atoms with van der Waals surface area (Å²) in [6.45, 7) is 3.84. The van der Waals surface area contributed by atoms with Crippen molar-refractivity contribution in [1.82, 2.24) is 15.0 Å². The largest absolute Gasteiger partial charge is 0.383 e. The average Bonchev–Trinajstić information content (AvgIpc) is 2.28. The molecule has 94 valence electrons. The lowest BCUT2D eigenvalue weighted by atomic mass is 10.1. The molecular weight excluding hydrogens is 228 g/mol. The van der Waals surface area contributed by atoms with Gasteiger partial charge < -0.3 is 10.7 Å². The maximum absolute atomic E-state index is 11.9. The molecule has 5 nitrogen and oxygen atoms in total. The molecule has 18 heavy (non-hydrogen) atoms. The van der Waals surface area contributed by atoms with Gasteiger partial charge in [-0.2, -0.15) is 0 Å². The van der Waals surface area contributed by atoms with Gasteiger partial charge >= 0.3 is 0 Å². The molecule has 0 radical (unpaired) electrons. The Kier molecular flexibility index (Phi) is 3.41. The second-order valence-corrected chi connectivity index (χ2v) is 4.50. The van der Waals surface area contributed by atoms with Crippen LogP contribution in [0, 0.1) is 0 Å². The molecule has 0 aromatic carbocycles. The van der Waals surface area contributed by atoms with E-state index in [0.717, 1.165) is 5.56 Å². The van der Waals surface area contributed by atoms with Gasteiger partial charge in [-0.1, -0.05) is 19.9 Å². The number of hydrogen-bond acceptors (Lipinski definition) is 4. The first-order valence-electron chi connectivity index (χ1n) is 5.85.